The second-order valence-corrected chi connectivity index (χ2v) is 6.70. The number of aromatic nitrogens is 1. The Morgan fingerprint density at radius 1 is 1.38 bits per heavy atom. The lowest BCUT2D eigenvalue weighted by Crippen LogP contribution is -2.30. The van der Waals surface area contributed by atoms with Crippen molar-refractivity contribution in [2.24, 2.45) is 12.5 Å². The largest absolute Gasteiger partial charge is 0.350 e. The van der Waals surface area contributed by atoms with Crippen LogP contribution >= 0.6 is 11.6 Å². The topological polar surface area (TPSA) is 34.0 Å². The zero-order chi connectivity index (χ0) is 15.2. The number of hydrogen-bond acceptors (Lipinski definition) is 1. The summed E-state index contributed by atoms with van der Waals surface area (Å²) >= 11 is 6.30. The van der Waals surface area contributed by atoms with Gasteiger partial charge >= 0.3 is 0 Å². The van der Waals surface area contributed by atoms with Gasteiger partial charge in [-0.3, -0.25) is 4.79 Å². The van der Waals surface area contributed by atoms with E-state index in [0.29, 0.717) is 6.54 Å². The number of aryl methyl sites for hydroxylation is 2. The van der Waals surface area contributed by atoms with Crippen LogP contribution in [0.25, 0.3) is 10.9 Å². The fourth-order valence-electron chi connectivity index (χ4n) is 2.70. The fourth-order valence-corrected chi connectivity index (χ4v) is 2.99. The van der Waals surface area contributed by atoms with Crippen molar-refractivity contribution >= 4 is 28.4 Å². The van der Waals surface area contributed by atoms with Gasteiger partial charge in [0.2, 0.25) is 5.91 Å². The molecule has 1 aromatic heterocycles. The van der Waals surface area contributed by atoms with E-state index in [0.717, 1.165) is 41.1 Å². The van der Waals surface area contributed by atoms with Gasteiger partial charge in [-0.25, -0.2) is 0 Å². The van der Waals surface area contributed by atoms with Crippen LogP contribution in [0.15, 0.2) is 18.2 Å². The summed E-state index contributed by atoms with van der Waals surface area (Å²) in [4.78, 5) is 12.0. The van der Waals surface area contributed by atoms with Crippen LogP contribution in [0.1, 0.15) is 37.9 Å². The lowest BCUT2D eigenvalue weighted by Gasteiger charge is -2.10. The Kier molecular flexibility index (Phi) is 3.48. The van der Waals surface area contributed by atoms with Crippen molar-refractivity contribution in [1.82, 2.24) is 9.88 Å². The Balaban J connectivity index is 1.85. The number of carbonyl (C=O) groups is 1. The first-order chi connectivity index (χ1) is 9.94. The van der Waals surface area contributed by atoms with E-state index in [1.54, 1.807) is 0 Å². The fraction of sp³-hybridized carbons (Fsp3) is 0.471. The molecular weight excluding hydrogens is 284 g/mol. The first-order valence-electron chi connectivity index (χ1n) is 7.49. The molecule has 0 atom stereocenters. The lowest BCUT2D eigenvalue weighted by molar-refractivity contribution is -0.125. The molecule has 1 fully saturated rings. The van der Waals surface area contributed by atoms with E-state index in [1.807, 2.05) is 20.0 Å². The van der Waals surface area contributed by atoms with Crippen LogP contribution in [0.3, 0.4) is 0 Å². The van der Waals surface area contributed by atoms with Crippen molar-refractivity contribution in [2.75, 3.05) is 0 Å². The molecule has 1 saturated carbocycles. The molecule has 1 amide bonds. The number of rotatable bonds is 4. The molecule has 112 valence electrons. The van der Waals surface area contributed by atoms with Crippen molar-refractivity contribution in [3.05, 3.63) is 34.5 Å². The summed E-state index contributed by atoms with van der Waals surface area (Å²) in [5.74, 6) is 0.167. The predicted octanol–water partition coefficient (Wildman–Crippen LogP) is 3.81. The van der Waals surface area contributed by atoms with E-state index in [1.165, 1.54) is 5.39 Å². The molecule has 0 bridgehead atoms. The van der Waals surface area contributed by atoms with Gasteiger partial charge in [0.25, 0.3) is 0 Å². The van der Waals surface area contributed by atoms with Gasteiger partial charge in [-0.15, -0.1) is 0 Å². The maximum atomic E-state index is 12.0. The second kappa shape index (κ2) is 5.06. The molecule has 1 aromatic carbocycles. The highest BCUT2D eigenvalue weighted by molar-refractivity contribution is 6.32. The summed E-state index contributed by atoms with van der Waals surface area (Å²) in [6, 6.07) is 6.30. The number of carbonyl (C=O) groups excluding carboxylic acids is 1. The molecule has 3 nitrogen and oxygen atoms in total. The Bertz CT molecular complexity index is 713. The van der Waals surface area contributed by atoms with Gasteiger partial charge in [0, 0.05) is 34.1 Å². The van der Waals surface area contributed by atoms with Gasteiger partial charge in [0.1, 0.15) is 0 Å². The van der Waals surface area contributed by atoms with Crippen LogP contribution in [0.5, 0.6) is 0 Å². The molecule has 1 aliphatic rings. The first kappa shape index (κ1) is 14.5. The quantitative estimate of drug-likeness (QED) is 0.915. The summed E-state index contributed by atoms with van der Waals surface area (Å²) in [5, 5.41) is 5.05. The van der Waals surface area contributed by atoms with Crippen LogP contribution in [-0.4, -0.2) is 10.5 Å². The molecule has 21 heavy (non-hydrogen) atoms. The molecule has 0 spiro atoms. The lowest BCUT2D eigenvalue weighted by atomic mass is 10.1. The molecule has 3 rings (SSSR count). The molecule has 1 heterocycles. The Morgan fingerprint density at radius 2 is 2.10 bits per heavy atom. The molecule has 0 radical (unpaired) electrons. The van der Waals surface area contributed by atoms with Crippen LogP contribution in [0, 0.1) is 5.41 Å². The standard InChI is InChI=1S/C17H21ClN2O/c1-4-11-7-12-8-13(20(3)15(12)9-14(11)18)10-19-16(21)17(2)5-6-17/h7-9H,4-6,10H2,1-3H3,(H,19,21). The first-order valence-corrected chi connectivity index (χ1v) is 7.87. The smallest absolute Gasteiger partial charge is 0.226 e. The van der Waals surface area contributed by atoms with E-state index in [2.05, 4.69) is 28.9 Å². The third-order valence-electron chi connectivity index (χ3n) is 4.67. The minimum atomic E-state index is -0.122. The van der Waals surface area contributed by atoms with Gasteiger partial charge < -0.3 is 9.88 Å². The highest BCUT2D eigenvalue weighted by atomic mass is 35.5. The zero-order valence-corrected chi connectivity index (χ0v) is 13.5. The number of hydrogen-bond donors (Lipinski definition) is 1. The molecule has 0 saturated heterocycles. The Morgan fingerprint density at radius 3 is 2.71 bits per heavy atom. The minimum absolute atomic E-state index is 0.122. The van der Waals surface area contributed by atoms with Gasteiger partial charge in [-0.2, -0.15) is 0 Å². The zero-order valence-electron chi connectivity index (χ0n) is 12.8. The van der Waals surface area contributed by atoms with E-state index < -0.39 is 0 Å². The number of benzene rings is 1. The third kappa shape index (κ3) is 2.55. The molecule has 0 aliphatic heterocycles. The summed E-state index contributed by atoms with van der Waals surface area (Å²) in [7, 11) is 2.02. The number of fused-ring (bicyclic) bond motifs is 1. The molecule has 1 aliphatic carbocycles. The maximum absolute atomic E-state index is 12.0. The van der Waals surface area contributed by atoms with Crippen LogP contribution in [0.4, 0.5) is 0 Å². The second-order valence-electron chi connectivity index (χ2n) is 6.29. The summed E-state index contributed by atoms with van der Waals surface area (Å²) in [5.41, 5.74) is 3.25. The van der Waals surface area contributed by atoms with E-state index >= 15 is 0 Å². The van der Waals surface area contributed by atoms with Gasteiger partial charge in [-0.1, -0.05) is 25.4 Å². The van der Waals surface area contributed by atoms with Gasteiger partial charge in [-0.05, 0) is 43.0 Å². The predicted molar refractivity (Wildman–Crippen MR) is 86.5 cm³/mol. The SMILES string of the molecule is CCc1cc2cc(CNC(=O)C3(C)CC3)n(C)c2cc1Cl. The molecular formula is C17H21ClN2O. The molecule has 4 heteroatoms. The van der Waals surface area contributed by atoms with E-state index in [9.17, 15) is 4.79 Å². The molecule has 0 unspecified atom stereocenters. The Labute approximate surface area is 130 Å². The van der Waals surface area contributed by atoms with Crippen molar-refractivity contribution in [2.45, 2.75) is 39.7 Å². The van der Waals surface area contributed by atoms with Crippen LogP contribution in [0.2, 0.25) is 5.02 Å². The van der Waals surface area contributed by atoms with Gasteiger partial charge in [0.05, 0.1) is 6.54 Å². The highest BCUT2D eigenvalue weighted by Gasteiger charge is 2.44. The maximum Gasteiger partial charge on any atom is 0.226 e. The molecule has 2 aromatic rings. The highest BCUT2D eigenvalue weighted by Crippen LogP contribution is 2.45. The molecule has 1 N–H and O–H groups in total. The number of nitrogens with zero attached hydrogens (tertiary/aromatic N) is 1. The van der Waals surface area contributed by atoms with E-state index in [-0.39, 0.29) is 11.3 Å². The summed E-state index contributed by atoms with van der Waals surface area (Å²) in [6.45, 7) is 4.70. The monoisotopic (exact) mass is 304 g/mol. The van der Waals surface area contributed by atoms with Crippen LogP contribution in [-0.2, 0) is 24.8 Å². The summed E-state index contributed by atoms with van der Waals surface area (Å²) < 4.78 is 2.11. The van der Waals surface area contributed by atoms with Crippen molar-refractivity contribution in [3.8, 4) is 0 Å². The van der Waals surface area contributed by atoms with Crippen molar-refractivity contribution in [3.63, 3.8) is 0 Å². The number of halogens is 1. The van der Waals surface area contributed by atoms with Crippen molar-refractivity contribution < 1.29 is 4.79 Å². The van der Waals surface area contributed by atoms with E-state index in [4.69, 9.17) is 11.6 Å². The number of nitrogens with one attached hydrogen (secondary N) is 1. The van der Waals surface area contributed by atoms with Crippen LogP contribution < -0.4 is 5.32 Å². The number of amides is 1. The third-order valence-corrected chi connectivity index (χ3v) is 5.02. The normalized spacial score (nSPS) is 16.2. The summed E-state index contributed by atoms with van der Waals surface area (Å²) in [6.07, 6.45) is 2.93. The van der Waals surface area contributed by atoms with Gasteiger partial charge in [0.15, 0.2) is 0 Å². The minimum Gasteiger partial charge on any atom is -0.350 e. The Hall–Kier alpha value is -1.48. The average Bonchev–Trinajstić information content (AvgIpc) is 3.15. The average molecular weight is 305 g/mol. The van der Waals surface area contributed by atoms with Crippen molar-refractivity contribution in [1.29, 1.82) is 0 Å².